The molecule has 1 aliphatic rings. The number of carbonyl (C=O) groups is 2. The van der Waals surface area contributed by atoms with Crippen LogP contribution in [-0.4, -0.2) is 17.5 Å². The molecule has 1 aromatic carbocycles. The topological polar surface area (TPSA) is 55.4 Å². The fourth-order valence-corrected chi connectivity index (χ4v) is 3.09. The van der Waals surface area contributed by atoms with E-state index in [4.69, 9.17) is 4.74 Å². The van der Waals surface area contributed by atoms with E-state index in [-0.39, 0.29) is 18.4 Å². The molecule has 0 spiro atoms. The minimum absolute atomic E-state index is 0.109. The number of halogens is 3. The minimum atomic E-state index is -4.63. The molecule has 0 heterocycles. The van der Waals surface area contributed by atoms with E-state index in [1.54, 1.807) is 20.8 Å². The van der Waals surface area contributed by atoms with Crippen molar-refractivity contribution in [2.24, 2.45) is 0 Å². The summed E-state index contributed by atoms with van der Waals surface area (Å²) < 4.78 is 45.5. The molecule has 0 radical (unpaired) electrons. The molecule has 1 fully saturated rings. The highest BCUT2D eigenvalue weighted by atomic mass is 19.4. The van der Waals surface area contributed by atoms with Crippen LogP contribution in [0.4, 0.5) is 18.0 Å². The van der Waals surface area contributed by atoms with Crippen LogP contribution in [-0.2, 0) is 21.2 Å². The number of hydrogen-bond donors (Lipinski definition) is 1. The van der Waals surface area contributed by atoms with Crippen LogP contribution in [0, 0.1) is 0 Å². The standard InChI is InChI=1S/C18H22F3NO3/c1-16(2,3)25-15(24)22-17(11-7-6-10-14(17)23)12-8-4-5-9-13(12)18(19,20)21/h4-5,8-9H,6-7,10-11H2,1-3H3,(H,22,24)/t17-/m1/s1. The first-order chi connectivity index (χ1) is 11.5. The molecule has 0 bridgehead atoms. The van der Waals surface area contributed by atoms with Crippen LogP contribution in [0.5, 0.6) is 0 Å². The quantitative estimate of drug-likeness (QED) is 0.844. The lowest BCUT2D eigenvalue weighted by atomic mass is 9.74. The van der Waals surface area contributed by atoms with Gasteiger partial charge in [-0.3, -0.25) is 4.79 Å². The largest absolute Gasteiger partial charge is 0.444 e. The third kappa shape index (κ3) is 4.32. The molecule has 7 heteroatoms. The summed E-state index contributed by atoms with van der Waals surface area (Å²) in [6, 6.07) is 4.88. The number of benzene rings is 1. The van der Waals surface area contributed by atoms with E-state index in [1.165, 1.54) is 18.2 Å². The van der Waals surface area contributed by atoms with E-state index in [9.17, 15) is 22.8 Å². The lowest BCUT2D eigenvalue weighted by Crippen LogP contribution is -2.55. The van der Waals surface area contributed by atoms with Crippen LogP contribution in [0.2, 0.25) is 0 Å². The van der Waals surface area contributed by atoms with Gasteiger partial charge in [0.1, 0.15) is 11.1 Å². The minimum Gasteiger partial charge on any atom is -0.444 e. The Labute approximate surface area is 144 Å². The van der Waals surface area contributed by atoms with Crippen molar-refractivity contribution in [2.75, 3.05) is 0 Å². The van der Waals surface area contributed by atoms with Crippen LogP contribution in [0.3, 0.4) is 0 Å². The van der Waals surface area contributed by atoms with Gasteiger partial charge in [-0.2, -0.15) is 13.2 Å². The van der Waals surface area contributed by atoms with E-state index >= 15 is 0 Å². The summed E-state index contributed by atoms with van der Waals surface area (Å²) in [5, 5.41) is 2.46. The first kappa shape index (κ1) is 19.3. The Hall–Kier alpha value is -2.05. The Morgan fingerprint density at radius 3 is 2.36 bits per heavy atom. The van der Waals surface area contributed by atoms with Crippen molar-refractivity contribution in [1.82, 2.24) is 5.32 Å². The third-order valence-electron chi connectivity index (χ3n) is 4.09. The van der Waals surface area contributed by atoms with E-state index in [1.807, 2.05) is 0 Å². The maximum absolute atomic E-state index is 13.5. The molecule has 4 nitrogen and oxygen atoms in total. The molecule has 2 rings (SSSR count). The summed E-state index contributed by atoms with van der Waals surface area (Å²) in [5.74, 6) is -0.429. The van der Waals surface area contributed by atoms with Gasteiger partial charge in [0.15, 0.2) is 5.78 Å². The summed E-state index contributed by atoms with van der Waals surface area (Å²) >= 11 is 0. The number of nitrogens with one attached hydrogen (secondary N) is 1. The van der Waals surface area contributed by atoms with Crippen molar-refractivity contribution in [3.63, 3.8) is 0 Å². The van der Waals surface area contributed by atoms with Crippen LogP contribution in [0.1, 0.15) is 57.6 Å². The number of amides is 1. The van der Waals surface area contributed by atoms with E-state index in [2.05, 4.69) is 5.32 Å². The second-order valence-corrected chi connectivity index (χ2v) is 7.21. The Balaban J connectivity index is 2.51. The third-order valence-corrected chi connectivity index (χ3v) is 4.09. The molecule has 0 unspecified atom stereocenters. The Kier molecular flexibility index (Phi) is 5.16. The number of Topliss-reactive ketones (excluding diaryl/α,β-unsaturated/α-hetero) is 1. The monoisotopic (exact) mass is 357 g/mol. The average molecular weight is 357 g/mol. The number of alkyl halides is 3. The normalized spacial score (nSPS) is 21.8. The SMILES string of the molecule is CC(C)(C)OC(=O)N[C@@]1(c2ccccc2C(F)(F)F)CCCCC1=O. The maximum Gasteiger partial charge on any atom is 0.416 e. The van der Waals surface area contributed by atoms with E-state index in [0.717, 1.165) is 6.07 Å². The van der Waals surface area contributed by atoms with Gasteiger partial charge in [0.2, 0.25) is 0 Å². The van der Waals surface area contributed by atoms with Gasteiger partial charge in [-0.15, -0.1) is 0 Å². The molecule has 25 heavy (non-hydrogen) atoms. The highest BCUT2D eigenvalue weighted by Crippen LogP contribution is 2.42. The van der Waals surface area contributed by atoms with Crippen molar-refractivity contribution >= 4 is 11.9 Å². The molecule has 0 aromatic heterocycles. The number of ether oxygens (including phenoxy) is 1. The molecule has 1 N–H and O–H groups in total. The smallest absolute Gasteiger partial charge is 0.416 e. The van der Waals surface area contributed by atoms with Crippen molar-refractivity contribution < 1.29 is 27.5 Å². The molecular weight excluding hydrogens is 335 g/mol. The van der Waals surface area contributed by atoms with Gasteiger partial charge in [-0.1, -0.05) is 18.2 Å². The maximum atomic E-state index is 13.5. The fraction of sp³-hybridized carbons (Fsp3) is 0.556. The molecule has 138 valence electrons. The van der Waals surface area contributed by atoms with Gasteiger partial charge in [-0.05, 0) is 51.7 Å². The van der Waals surface area contributed by atoms with Crippen LogP contribution >= 0.6 is 0 Å². The first-order valence-corrected chi connectivity index (χ1v) is 8.17. The van der Waals surface area contributed by atoms with Crippen molar-refractivity contribution in [1.29, 1.82) is 0 Å². The molecule has 1 amide bonds. The number of carbonyl (C=O) groups excluding carboxylic acids is 2. The van der Waals surface area contributed by atoms with Crippen LogP contribution in [0.15, 0.2) is 24.3 Å². The predicted molar refractivity (Wildman–Crippen MR) is 86.0 cm³/mol. The number of alkyl carbamates (subject to hydrolysis) is 1. The summed E-state index contributed by atoms with van der Waals surface area (Å²) in [5.41, 5.74) is -3.68. The summed E-state index contributed by atoms with van der Waals surface area (Å²) in [6.07, 6.45) is -4.19. The lowest BCUT2D eigenvalue weighted by molar-refractivity contribution is -0.140. The summed E-state index contributed by atoms with van der Waals surface area (Å²) in [6.45, 7) is 4.93. The highest BCUT2D eigenvalue weighted by molar-refractivity contribution is 5.93. The number of rotatable bonds is 2. The second-order valence-electron chi connectivity index (χ2n) is 7.21. The molecule has 1 atom stereocenters. The van der Waals surface area contributed by atoms with Gasteiger partial charge in [0.25, 0.3) is 0 Å². The van der Waals surface area contributed by atoms with Gasteiger partial charge < -0.3 is 10.1 Å². The number of ketones is 1. The molecule has 0 aliphatic heterocycles. The zero-order chi connectivity index (χ0) is 18.9. The van der Waals surface area contributed by atoms with Gasteiger partial charge >= 0.3 is 12.3 Å². The van der Waals surface area contributed by atoms with Crippen molar-refractivity contribution in [3.8, 4) is 0 Å². The second kappa shape index (κ2) is 6.69. The first-order valence-electron chi connectivity index (χ1n) is 8.17. The number of hydrogen-bond acceptors (Lipinski definition) is 3. The summed E-state index contributed by atoms with van der Waals surface area (Å²) in [7, 11) is 0. The fourth-order valence-electron chi connectivity index (χ4n) is 3.09. The Morgan fingerprint density at radius 1 is 1.16 bits per heavy atom. The van der Waals surface area contributed by atoms with E-state index in [0.29, 0.717) is 12.8 Å². The Morgan fingerprint density at radius 2 is 1.80 bits per heavy atom. The highest BCUT2D eigenvalue weighted by Gasteiger charge is 2.48. The zero-order valence-corrected chi connectivity index (χ0v) is 14.5. The lowest BCUT2D eigenvalue weighted by Gasteiger charge is -2.38. The molecule has 0 saturated heterocycles. The van der Waals surface area contributed by atoms with E-state index < -0.39 is 34.8 Å². The molecule has 1 saturated carbocycles. The van der Waals surface area contributed by atoms with Gasteiger partial charge in [0, 0.05) is 6.42 Å². The van der Waals surface area contributed by atoms with Gasteiger partial charge in [0.05, 0.1) is 5.56 Å². The molecule has 1 aliphatic carbocycles. The molecular formula is C18H22F3NO3. The average Bonchev–Trinajstić information content (AvgIpc) is 2.47. The van der Waals surface area contributed by atoms with Crippen molar-refractivity contribution in [2.45, 2.75) is 63.8 Å². The van der Waals surface area contributed by atoms with Crippen LogP contribution < -0.4 is 5.32 Å². The molecule has 1 aromatic rings. The van der Waals surface area contributed by atoms with Gasteiger partial charge in [-0.25, -0.2) is 4.79 Å². The predicted octanol–water partition coefficient (Wildman–Crippen LogP) is 4.57. The van der Waals surface area contributed by atoms with Crippen LogP contribution in [0.25, 0.3) is 0 Å². The Bertz CT molecular complexity index is 664. The van der Waals surface area contributed by atoms with Crippen molar-refractivity contribution in [3.05, 3.63) is 35.4 Å². The summed E-state index contributed by atoms with van der Waals surface area (Å²) in [4.78, 5) is 24.9. The zero-order valence-electron chi connectivity index (χ0n) is 14.5.